The maximum absolute atomic E-state index is 11.7. The highest BCUT2D eigenvalue weighted by atomic mass is 16.5. The highest BCUT2D eigenvalue weighted by molar-refractivity contribution is 5.81. The number of nitrogens with zero attached hydrogens (tertiary/aromatic N) is 1. The predicted molar refractivity (Wildman–Crippen MR) is 62.5 cm³/mol. The standard InChI is InChI=1S/C11H23N3O2/c1-7(2)10(11(15)13-12)14-5-8(3)16-9(4)6-14/h7-10H,5-6,12H2,1-4H3,(H,13,15)/t8-,9-,10+/m0/s1. The molecule has 0 unspecified atom stereocenters. The van der Waals surface area contributed by atoms with Gasteiger partial charge in [0.1, 0.15) is 0 Å². The Morgan fingerprint density at radius 1 is 1.38 bits per heavy atom. The number of rotatable bonds is 3. The molecule has 0 aromatic carbocycles. The zero-order valence-electron chi connectivity index (χ0n) is 10.6. The third kappa shape index (κ3) is 3.17. The molecule has 5 heteroatoms. The molecule has 0 saturated carbocycles. The van der Waals surface area contributed by atoms with Crippen molar-refractivity contribution in [3.05, 3.63) is 0 Å². The number of hydrogen-bond acceptors (Lipinski definition) is 4. The average molecular weight is 229 g/mol. The molecule has 5 nitrogen and oxygen atoms in total. The molecule has 94 valence electrons. The van der Waals surface area contributed by atoms with Crippen molar-refractivity contribution in [2.75, 3.05) is 13.1 Å². The van der Waals surface area contributed by atoms with Gasteiger partial charge in [0, 0.05) is 13.1 Å². The second kappa shape index (κ2) is 5.61. The number of hydrogen-bond donors (Lipinski definition) is 2. The maximum Gasteiger partial charge on any atom is 0.251 e. The lowest BCUT2D eigenvalue weighted by atomic mass is 10.00. The first-order valence-corrected chi connectivity index (χ1v) is 5.85. The van der Waals surface area contributed by atoms with E-state index in [0.29, 0.717) is 0 Å². The summed E-state index contributed by atoms with van der Waals surface area (Å²) in [5, 5.41) is 0. The number of nitrogens with one attached hydrogen (secondary N) is 1. The van der Waals surface area contributed by atoms with Crippen molar-refractivity contribution < 1.29 is 9.53 Å². The van der Waals surface area contributed by atoms with Gasteiger partial charge in [-0.05, 0) is 19.8 Å². The zero-order chi connectivity index (χ0) is 12.3. The largest absolute Gasteiger partial charge is 0.373 e. The predicted octanol–water partition coefficient (Wildman–Crippen LogP) is 0.110. The highest BCUT2D eigenvalue weighted by Gasteiger charge is 2.33. The van der Waals surface area contributed by atoms with Crippen LogP contribution in [0, 0.1) is 5.92 Å². The summed E-state index contributed by atoms with van der Waals surface area (Å²) in [6.07, 6.45) is 0.325. The van der Waals surface area contributed by atoms with Crippen molar-refractivity contribution in [1.29, 1.82) is 0 Å². The van der Waals surface area contributed by atoms with E-state index >= 15 is 0 Å². The van der Waals surface area contributed by atoms with Crippen LogP contribution < -0.4 is 11.3 Å². The van der Waals surface area contributed by atoms with Crippen molar-refractivity contribution in [2.45, 2.75) is 45.9 Å². The van der Waals surface area contributed by atoms with E-state index in [-0.39, 0.29) is 30.1 Å². The number of morpholine rings is 1. The first-order chi connectivity index (χ1) is 7.45. The van der Waals surface area contributed by atoms with Crippen LogP contribution in [0.1, 0.15) is 27.7 Å². The molecule has 1 aliphatic rings. The molecule has 0 aromatic rings. The Kier molecular flexibility index (Phi) is 4.70. The van der Waals surface area contributed by atoms with E-state index in [1.807, 2.05) is 27.7 Å². The maximum atomic E-state index is 11.7. The summed E-state index contributed by atoms with van der Waals surface area (Å²) in [6, 6.07) is -0.168. The van der Waals surface area contributed by atoms with E-state index in [4.69, 9.17) is 10.6 Å². The Morgan fingerprint density at radius 2 is 1.88 bits per heavy atom. The summed E-state index contributed by atoms with van der Waals surface area (Å²) in [5.41, 5.74) is 2.25. The van der Waals surface area contributed by atoms with Gasteiger partial charge < -0.3 is 4.74 Å². The number of hydrazine groups is 1. The molecule has 0 aromatic heterocycles. The molecule has 1 amide bonds. The second-order valence-corrected chi connectivity index (χ2v) is 4.91. The van der Waals surface area contributed by atoms with Gasteiger partial charge in [0.15, 0.2) is 0 Å². The quantitative estimate of drug-likeness (QED) is 0.409. The fourth-order valence-electron chi connectivity index (χ4n) is 2.42. The molecular formula is C11H23N3O2. The van der Waals surface area contributed by atoms with Gasteiger partial charge in [0.2, 0.25) is 0 Å². The van der Waals surface area contributed by atoms with Crippen LogP contribution in [0.3, 0.4) is 0 Å². The number of carbonyl (C=O) groups is 1. The molecule has 1 rings (SSSR count). The Bertz CT molecular complexity index is 235. The Labute approximate surface area is 97.3 Å². The van der Waals surface area contributed by atoms with E-state index in [1.54, 1.807) is 0 Å². The van der Waals surface area contributed by atoms with Crippen LogP contribution in [-0.2, 0) is 9.53 Å². The molecule has 0 aliphatic carbocycles. The average Bonchev–Trinajstić information content (AvgIpc) is 2.15. The summed E-state index contributed by atoms with van der Waals surface area (Å²) in [6.45, 7) is 9.68. The summed E-state index contributed by atoms with van der Waals surface area (Å²) < 4.78 is 5.66. The second-order valence-electron chi connectivity index (χ2n) is 4.91. The van der Waals surface area contributed by atoms with E-state index in [2.05, 4.69) is 10.3 Å². The fourth-order valence-corrected chi connectivity index (χ4v) is 2.42. The SMILES string of the molecule is CC(C)[C@H](C(=O)NN)N1C[C@H](C)O[C@@H](C)C1. The van der Waals surface area contributed by atoms with E-state index in [1.165, 1.54) is 0 Å². The van der Waals surface area contributed by atoms with E-state index in [9.17, 15) is 4.79 Å². The van der Waals surface area contributed by atoms with Crippen molar-refractivity contribution in [3.8, 4) is 0 Å². The van der Waals surface area contributed by atoms with Crippen LogP contribution in [0.2, 0.25) is 0 Å². The normalized spacial score (nSPS) is 29.1. The minimum atomic E-state index is -0.168. The molecule has 3 N–H and O–H groups in total. The summed E-state index contributed by atoms with van der Waals surface area (Å²) in [5.74, 6) is 5.35. The Hall–Kier alpha value is -0.650. The van der Waals surface area contributed by atoms with Gasteiger partial charge in [-0.25, -0.2) is 5.84 Å². The van der Waals surface area contributed by atoms with Gasteiger partial charge in [-0.3, -0.25) is 15.1 Å². The van der Waals surface area contributed by atoms with Crippen LogP contribution >= 0.6 is 0 Å². The summed E-state index contributed by atoms with van der Waals surface area (Å²) in [4.78, 5) is 13.9. The minimum absolute atomic E-state index is 0.115. The molecule has 1 saturated heterocycles. The lowest BCUT2D eigenvalue weighted by Crippen LogP contribution is -2.57. The van der Waals surface area contributed by atoms with Crippen LogP contribution in [0.15, 0.2) is 0 Å². The van der Waals surface area contributed by atoms with Gasteiger partial charge in [-0.15, -0.1) is 0 Å². The first kappa shape index (κ1) is 13.4. The zero-order valence-corrected chi connectivity index (χ0v) is 10.6. The van der Waals surface area contributed by atoms with Crippen LogP contribution in [-0.4, -0.2) is 42.1 Å². The molecule has 1 heterocycles. The van der Waals surface area contributed by atoms with Crippen molar-refractivity contribution in [3.63, 3.8) is 0 Å². The van der Waals surface area contributed by atoms with Gasteiger partial charge in [0.05, 0.1) is 18.2 Å². The molecule has 0 radical (unpaired) electrons. The van der Waals surface area contributed by atoms with Crippen molar-refractivity contribution in [1.82, 2.24) is 10.3 Å². The molecule has 0 bridgehead atoms. The molecule has 1 aliphatic heterocycles. The van der Waals surface area contributed by atoms with Crippen LogP contribution in [0.25, 0.3) is 0 Å². The lowest BCUT2D eigenvalue weighted by Gasteiger charge is -2.40. The van der Waals surface area contributed by atoms with Crippen LogP contribution in [0.5, 0.6) is 0 Å². The Morgan fingerprint density at radius 3 is 2.25 bits per heavy atom. The number of nitrogens with two attached hydrogens (primary N) is 1. The van der Waals surface area contributed by atoms with Gasteiger partial charge in [0.25, 0.3) is 5.91 Å². The third-order valence-electron chi connectivity index (χ3n) is 2.88. The Balaban J connectivity index is 2.74. The molecule has 16 heavy (non-hydrogen) atoms. The van der Waals surface area contributed by atoms with Crippen LogP contribution in [0.4, 0.5) is 0 Å². The van der Waals surface area contributed by atoms with E-state index in [0.717, 1.165) is 13.1 Å². The summed E-state index contributed by atoms with van der Waals surface area (Å²) >= 11 is 0. The first-order valence-electron chi connectivity index (χ1n) is 5.85. The van der Waals surface area contributed by atoms with Gasteiger partial charge in [-0.2, -0.15) is 0 Å². The van der Waals surface area contributed by atoms with Gasteiger partial charge >= 0.3 is 0 Å². The smallest absolute Gasteiger partial charge is 0.251 e. The molecular weight excluding hydrogens is 206 g/mol. The minimum Gasteiger partial charge on any atom is -0.373 e. The highest BCUT2D eigenvalue weighted by Crippen LogP contribution is 2.18. The molecule has 0 spiro atoms. The molecule has 3 atom stereocenters. The monoisotopic (exact) mass is 229 g/mol. The lowest BCUT2D eigenvalue weighted by molar-refractivity contribution is -0.135. The van der Waals surface area contributed by atoms with Gasteiger partial charge in [-0.1, -0.05) is 13.8 Å². The number of amides is 1. The topological polar surface area (TPSA) is 67.6 Å². The van der Waals surface area contributed by atoms with Crippen molar-refractivity contribution in [2.24, 2.45) is 11.8 Å². The number of ether oxygens (including phenoxy) is 1. The van der Waals surface area contributed by atoms with E-state index < -0.39 is 0 Å². The molecule has 1 fully saturated rings. The fraction of sp³-hybridized carbons (Fsp3) is 0.909. The third-order valence-corrected chi connectivity index (χ3v) is 2.88. The number of carbonyl (C=O) groups excluding carboxylic acids is 1. The summed E-state index contributed by atoms with van der Waals surface area (Å²) in [7, 11) is 0. The van der Waals surface area contributed by atoms with Crippen molar-refractivity contribution >= 4 is 5.91 Å².